The molecule has 1 atom stereocenters. The number of nitrogens with zero attached hydrogens (tertiary/aromatic N) is 1. The Morgan fingerprint density at radius 2 is 1.64 bits per heavy atom. The minimum absolute atomic E-state index is 0.148. The number of carbonyl (C=O) groups is 1. The maximum absolute atomic E-state index is 13.6. The predicted octanol–water partition coefficient (Wildman–Crippen LogP) is 4.64. The number of benzene rings is 3. The topological polar surface area (TPSA) is 75.7 Å². The fraction of sp³-hybridized carbons (Fsp3) is 0.269. The highest BCUT2D eigenvalue weighted by molar-refractivity contribution is 7.92. The van der Waals surface area contributed by atoms with Crippen molar-refractivity contribution in [1.82, 2.24) is 5.32 Å². The molecule has 7 heteroatoms. The summed E-state index contributed by atoms with van der Waals surface area (Å²) >= 11 is 0. The van der Waals surface area contributed by atoms with Gasteiger partial charge in [0.2, 0.25) is 5.91 Å². The Morgan fingerprint density at radius 1 is 1.00 bits per heavy atom. The van der Waals surface area contributed by atoms with Gasteiger partial charge in [-0.3, -0.25) is 9.10 Å². The molecule has 0 saturated heterocycles. The molecule has 33 heavy (non-hydrogen) atoms. The van der Waals surface area contributed by atoms with Crippen LogP contribution >= 0.6 is 0 Å². The lowest BCUT2D eigenvalue weighted by Gasteiger charge is -2.27. The molecule has 0 fully saturated rings. The van der Waals surface area contributed by atoms with Crippen molar-refractivity contribution < 1.29 is 17.9 Å². The van der Waals surface area contributed by atoms with Crippen LogP contribution in [0.3, 0.4) is 0 Å². The molecular formula is C26H30N2O4S. The van der Waals surface area contributed by atoms with Crippen LogP contribution in [0.4, 0.5) is 5.69 Å². The van der Waals surface area contributed by atoms with Crippen LogP contribution in [0.5, 0.6) is 5.75 Å². The monoisotopic (exact) mass is 466 g/mol. The molecule has 0 heterocycles. The van der Waals surface area contributed by atoms with Crippen LogP contribution in [-0.2, 0) is 21.2 Å². The fourth-order valence-corrected chi connectivity index (χ4v) is 5.04. The van der Waals surface area contributed by atoms with Crippen molar-refractivity contribution in [3.8, 4) is 5.75 Å². The van der Waals surface area contributed by atoms with Crippen molar-refractivity contribution in [1.29, 1.82) is 0 Å². The molecule has 0 saturated carbocycles. The van der Waals surface area contributed by atoms with Gasteiger partial charge in [-0.05, 0) is 61.7 Å². The summed E-state index contributed by atoms with van der Waals surface area (Å²) in [6.07, 6.45) is 0.639. The fourth-order valence-electron chi connectivity index (χ4n) is 3.58. The van der Waals surface area contributed by atoms with Crippen molar-refractivity contribution in [3.63, 3.8) is 0 Å². The van der Waals surface area contributed by atoms with Crippen LogP contribution in [0, 0.1) is 6.92 Å². The summed E-state index contributed by atoms with van der Waals surface area (Å²) in [7, 11) is -2.36. The second-order valence-corrected chi connectivity index (χ2v) is 9.73. The molecule has 0 aromatic heterocycles. The van der Waals surface area contributed by atoms with Gasteiger partial charge >= 0.3 is 0 Å². The van der Waals surface area contributed by atoms with Crippen molar-refractivity contribution in [3.05, 3.63) is 89.5 Å². The number of sulfonamides is 1. The van der Waals surface area contributed by atoms with E-state index in [0.29, 0.717) is 12.1 Å². The highest BCUT2D eigenvalue weighted by atomic mass is 32.2. The summed E-state index contributed by atoms with van der Waals surface area (Å²) in [5.41, 5.74) is 3.21. The molecule has 3 rings (SSSR count). The van der Waals surface area contributed by atoms with E-state index in [1.807, 2.05) is 57.2 Å². The first kappa shape index (κ1) is 24.3. The van der Waals surface area contributed by atoms with E-state index in [-0.39, 0.29) is 23.4 Å². The molecule has 3 aromatic carbocycles. The summed E-state index contributed by atoms with van der Waals surface area (Å²) in [5, 5.41) is 2.92. The Bertz CT molecular complexity index is 1190. The second-order valence-electron chi connectivity index (χ2n) is 7.87. The van der Waals surface area contributed by atoms with Crippen molar-refractivity contribution in [2.45, 2.75) is 38.1 Å². The zero-order valence-corrected chi connectivity index (χ0v) is 20.2. The quantitative estimate of drug-likeness (QED) is 0.499. The molecule has 6 nitrogen and oxygen atoms in total. The zero-order chi connectivity index (χ0) is 24.0. The Kier molecular flexibility index (Phi) is 7.76. The number of carbonyl (C=O) groups excluding carboxylic acids is 1. The van der Waals surface area contributed by atoms with Crippen LogP contribution in [0.1, 0.15) is 36.6 Å². The molecule has 0 bridgehead atoms. The molecule has 0 radical (unpaired) electrons. The van der Waals surface area contributed by atoms with E-state index in [4.69, 9.17) is 4.74 Å². The van der Waals surface area contributed by atoms with E-state index < -0.39 is 10.0 Å². The predicted molar refractivity (Wildman–Crippen MR) is 131 cm³/mol. The highest BCUT2D eigenvalue weighted by Crippen LogP contribution is 2.28. The van der Waals surface area contributed by atoms with E-state index in [1.165, 1.54) is 4.31 Å². The normalized spacial score (nSPS) is 12.1. The lowest BCUT2D eigenvalue weighted by atomic mass is 10.1. The molecule has 0 spiro atoms. The molecule has 0 aliphatic rings. The minimum Gasteiger partial charge on any atom is -0.497 e. The smallest absolute Gasteiger partial charge is 0.264 e. The average Bonchev–Trinajstić information content (AvgIpc) is 2.82. The first-order valence-electron chi connectivity index (χ1n) is 10.9. The number of anilines is 1. The number of rotatable bonds is 9. The van der Waals surface area contributed by atoms with Gasteiger partial charge in [0, 0.05) is 0 Å². The van der Waals surface area contributed by atoms with Crippen LogP contribution in [0.25, 0.3) is 0 Å². The first-order chi connectivity index (χ1) is 15.8. The molecular weight excluding hydrogens is 436 g/mol. The van der Waals surface area contributed by atoms with E-state index in [0.717, 1.165) is 22.4 Å². The number of aryl methyl sites for hydroxylation is 2. The Hall–Kier alpha value is -3.32. The first-order valence-corrected chi connectivity index (χ1v) is 12.3. The number of nitrogens with one attached hydrogen (secondary N) is 1. The Labute approximate surface area is 196 Å². The highest BCUT2D eigenvalue weighted by Gasteiger charge is 2.29. The van der Waals surface area contributed by atoms with E-state index in [2.05, 4.69) is 5.32 Å². The summed E-state index contributed by atoms with van der Waals surface area (Å²) < 4.78 is 33.6. The third kappa shape index (κ3) is 5.73. The van der Waals surface area contributed by atoms with Gasteiger partial charge < -0.3 is 10.1 Å². The van der Waals surface area contributed by atoms with Gasteiger partial charge in [-0.1, -0.05) is 55.0 Å². The SMILES string of the molecule is CCc1ccccc1N(CC(=O)NC(C)c1ccc(OC)cc1)S(=O)(=O)c1ccc(C)cc1. The van der Waals surface area contributed by atoms with Crippen molar-refractivity contribution in [2.75, 3.05) is 18.0 Å². The summed E-state index contributed by atoms with van der Waals surface area (Å²) in [6, 6.07) is 21.0. The third-order valence-electron chi connectivity index (χ3n) is 5.53. The lowest BCUT2D eigenvalue weighted by Crippen LogP contribution is -2.42. The van der Waals surface area contributed by atoms with Crippen LogP contribution < -0.4 is 14.4 Å². The van der Waals surface area contributed by atoms with Crippen molar-refractivity contribution in [2.24, 2.45) is 0 Å². The van der Waals surface area contributed by atoms with Crippen molar-refractivity contribution >= 4 is 21.6 Å². The molecule has 174 valence electrons. The van der Waals surface area contributed by atoms with E-state index in [1.54, 1.807) is 43.5 Å². The number of amides is 1. The average molecular weight is 467 g/mol. The van der Waals surface area contributed by atoms with Gasteiger partial charge in [0.15, 0.2) is 0 Å². The number of para-hydroxylation sites is 1. The second kappa shape index (κ2) is 10.5. The van der Waals surface area contributed by atoms with Crippen LogP contribution in [-0.4, -0.2) is 28.0 Å². The molecule has 0 aliphatic heterocycles. The standard InChI is InChI=1S/C26H30N2O4S/c1-5-21-8-6-7-9-25(21)28(33(30,31)24-16-10-19(2)11-17-24)18-26(29)27-20(3)22-12-14-23(32-4)15-13-22/h6-17,20H,5,18H2,1-4H3,(H,27,29). The molecule has 0 aliphatic carbocycles. The third-order valence-corrected chi connectivity index (χ3v) is 7.30. The van der Waals surface area contributed by atoms with E-state index in [9.17, 15) is 13.2 Å². The van der Waals surface area contributed by atoms with Gasteiger partial charge in [0.1, 0.15) is 12.3 Å². The maximum atomic E-state index is 13.6. The molecule has 1 N–H and O–H groups in total. The van der Waals surface area contributed by atoms with Gasteiger partial charge in [0.25, 0.3) is 10.0 Å². The Balaban J connectivity index is 1.90. The van der Waals surface area contributed by atoms with Gasteiger partial charge in [-0.2, -0.15) is 0 Å². The molecule has 1 unspecified atom stereocenters. The number of methoxy groups -OCH3 is 1. The number of ether oxygens (including phenoxy) is 1. The van der Waals surface area contributed by atoms with Gasteiger partial charge in [-0.15, -0.1) is 0 Å². The summed E-state index contributed by atoms with van der Waals surface area (Å²) in [4.78, 5) is 13.2. The summed E-state index contributed by atoms with van der Waals surface area (Å²) in [6.45, 7) is 5.39. The lowest BCUT2D eigenvalue weighted by molar-refractivity contribution is -0.120. The molecule has 1 amide bonds. The minimum atomic E-state index is -3.95. The number of hydrogen-bond donors (Lipinski definition) is 1. The van der Waals surface area contributed by atoms with Crippen LogP contribution in [0.2, 0.25) is 0 Å². The van der Waals surface area contributed by atoms with Crippen LogP contribution in [0.15, 0.2) is 77.7 Å². The largest absolute Gasteiger partial charge is 0.497 e. The zero-order valence-electron chi connectivity index (χ0n) is 19.4. The molecule has 3 aromatic rings. The Morgan fingerprint density at radius 3 is 2.24 bits per heavy atom. The van der Waals surface area contributed by atoms with E-state index >= 15 is 0 Å². The van der Waals surface area contributed by atoms with Gasteiger partial charge in [-0.25, -0.2) is 8.42 Å². The maximum Gasteiger partial charge on any atom is 0.264 e. The van der Waals surface area contributed by atoms with Gasteiger partial charge in [0.05, 0.1) is 23.7 Å². The number of hydrogen-bond acceptors (Lipinski definition) is 4. The summed E-state index contributed by atoms with van der Waals surface area (Å²) in [5.74, 6) is 0.337.